The van der Waals surface area contributed by atoms with Gasteiger partial charge in [-0.15, -0.1) is 0 Å². The molecule has 0 saturated carbocycles. The van der Waals surface area contributed by atoms with Crippen molar-refractivity contribution in [2.45, 2.75) is 47.1 Å². The molecule has 7 nitrogen and oxygen atoms in total. The SMILES string of the molecule is CCCCn1c(N)c(N(C)C(=O)/C=C/c2cc(C)c(C)cc2C)c(=O)[nH]c1=O. The summed E-state index contributed by atoms with van der Waals surface area (Å²) in [5, 5.41) is 0. The third kappa shape index (κ3) is 4.42. The maximum Gasteiger partial charge on any atom is 0.330 e. The highest BCUT2D eigenvalue weighted by molar-refractivity contribution is 6.04. The molecule has 0 aliphatic rings. The number of amides is 1. The second kappa shape index (κ2) is 8.73. The minimum absolute atomic E-state index is 0.00573. The molecule has 150 valence electrons. The van der Waals surface area contributed by atoms with E-state index in [-0.39, 0.29) is 11.5 Å². The van der Waals surface area contributed by atoms with Gasteiger partial charge in [-0.25, -0.2) is 4.79 Å². The number of likely N-dealkylation sites (N-methyl/N-ethyl adjacent to an activating group) is 1. The summed E-state index contributed by atoms with van der Waals surface area (Å²) in [6.07, 6.45) is 4.72. The number of hydrogen-bond donors (Lipinski definition) is 2. The number of carbonyl (C=O) groups is 1. The number of aryl methyl sites for hydroxylation is 3. The molecular weight excluding hydrogens is 356 g/mol. The molecule has 7 heteroatoms. The third-order valence-corrected chi connectivity index (χ3v) is 4.90. The first-order chi connectivity index (χ1) is 13.2. The number of nitrogens with one attached hydrogen (secondary N) is 1. The van der Waals surface area contributed by atoms with Crippen LogP contribution in [0.2, 0.25) is 0 Å². The van der Waals surface area contributed by atoms with Crippen LogP contribution < -0.4 is 21.9 Å². The average molecular weight is 384 g/mol. The zero-order chi connectivity index (χ0) is 21.0. The number of rotatable bonds is 6. The van der Waals surface area contributed by atoms with E-state index in [0.717, 1.165) is 29.5 Å². The summed E-state index contributed by atoms with van der Waals surface area (Å²) in [5.74, 6) is -0.413. The van der Waals surface area contributed by atoms with Gasteiger partial charge in [0, 0.05) is 19.7 Å². The summed E-state index contributed by atoms with van der Waals surface area (Å²) in [4.78, 5) is 40.4. The molecular formula is C21H28N4O3. The van der Waals surface area contributed by atoms with Crippen LogP contribution in [0.3, 0.4) is 0 Å². The van der Waals surface area contributed by atoms with E-state index >= 15 is 0 Å². The van der Waals surface area contributed by atoms with Crippen molar-refractivity contribution in [3.05, 3.63) is 61.3 Å². The molecule has 0 aliphatic heterocycles. The molecule has 28 heavy (non-hydrogen) atoms. The van der Waals surface area contributed by atoms with E-state index in [0.29, 0.717) is 6.54 Å². The Bertz CT molecular complexity index is 1030. The number of nitrogens with two attached hydrogens (primary N) is 1. The second-order valence-electron chi connectivity index (χ2n) is 7.02. The van der Waals surface area contributed by atoms with Gasteiger partial charge in [-0.1, -0.05) is 25.5 Å². The van der Waals surface area contributed by atoms with Gasteiger partial charge in [-0.2, -0.15) is 0 Å². The lowest BCUT2D eigenvalue weighted by Crippen LogP contribution is -2.38. The Balaban J connectivity index is 2.37. The lowest BCUT2D eigenvalue weighted by atomic mass is 10.0. The van der Waals surface area contributed by atoms with Crippen LogP contribution in [0.25, 0.3) is 6.08 Å². The Hall–Kier alpha value is -3.09. The number of nitrogens with zero attached hydrogens (tertiary/aromatic N) is 2. The first kappa shape index (κ1) is 21.2. The monoisotopic (exact) mass is 384 g/mol. The molecule has 1 heterocycles. The number of benzene rings is 1. The van der Waals surface area contributed by atoms with Crippen LogP contribution >= 0.6 is 0 Å². The van der Waals surface area contributed by atoms with Crippen molar-refractivity contribution >= 4 is 23.5 Å². The number of aromatic nitrogens is 2. The number of aromatic amines is 1. The van der Waals surface area contributed by atoms with E-state index in [1.165, 1.54) is 28.2 Å². The van der Waals surface area contributed by atoms with E-state index in [4.69, 9.17) is 5.73 Å². The van der Waals surface area contributed by atoms with E-state index in [1.54, 1.807) is 6.08 Å². The Kier molecular flexibility index (Phi) is 6.62. The number of nitrogen functional groups attached to an aromatic ring is 1. The quantitative estimate of drug-likeness (QED) is 0.747. The van der Waals surface area contributed by atoms with Gasteiger partial charge < -0.3 is 10.6 Å². The lowest BCUT2D eigenvalue weighted by Gasteiger charge is -2.19. The van der Waals surface area contributed by atoms with Crippen molar-refractivity contribution in [1.82, 2.24) is 9.55 Å². The van der Waals surface area contributed by atoms with Gasteiger partial charge in [0.05, 0.1) is 0 Å². The number of unbranched alkanes of at least 4 members (excludes halogenated alkanes) is 1. The average Bonchev–Trinajstić information content (AvgIpc) is 2.62. The molecule has 3 N–H and O–H groups in total. The predicted octanol–water partition coefficient (Wildman–Crippen LogP) is 2.52. The minimum atomic E-state index is -0.679. The van der Waals surface area contributed by atoms with Crippen LogP contribution in [-0.4, -0.2) is 22.5 Å². The first-order valence-electron chi connectivity index (χ1n) is 9.33. The fourth-order valence-electron chi connectivity index (χ4n) is 2.99. The van der Waals surface area contributed by atoms with Crippen molar-refractivity contribution in [3.8, 4) is 0 Å². The van der Waals surface area contributed by atoms with Crippen molar-refractivity contribution < 1.29 is 4.79 Å². The third-order valence-electron chi connectivity index (χ3n) is 4.90. The standard InChI is InChI=1S/C21H28N4O3/c1-6-7-10-25-19(22)18(20(27)23-21(25)28)24(5)17(26)9-8-16-12-14(3)13(2)11-15(16)4/h8-9,11-12H,6-7,10,22H2,1-5H3,(H,23,27,28)/b9-8+. The number of carbonyl (C=O) groups excluding carboxylic acids is 1. The Morgan fingerprint density at radius 1 is 1.18 bits per heavy atom. The second-order valence-corrected chi connectivity index (χ2v) is 7.02. The summed E-state index contributed by atoms with van der Waals surface area (Å²) < 4.78 is 1.29. The molecule has 1 amide bonds. The van der Waals surface area contributed by atoms with Gasteiger partial charge in [-0.05, 0) is 55.5 Å². The summed E-state index contributed by atoms with van der Waals surface area (Å²) in [6, 6.07) is 4.08. The zero-order valence-corrected chi connectivity index (χ0v) is 17.1. The minimum Gasteiger partial charge on any atom is -0.383 e. The molecule has 2 aromatic rings. The molecule has 0 saturated heterocycles. The van der Waals surface area contributed by atoms with E-state index < -0.39 is 17.2 Å². The van der Waals surface area contributed by atoms with Crippen LogP contribution in [-0.2, 0) is 11.3 Å². The highest BCUT2D eigenvalue weighted by atomic mass is 16.2. The van der Waals surface area contributed by atoms with Gasteiger partial charge in [0.1, 0.15) is 5.82 Å². The normalized spacial score (nSPS) is 11.2. The zero-order valence-electron chi connectivity index (χ0n) is 17.1. The van der Waals surface area contributed by atoms with E-state index in [1.807, 2.05) is 33.8 Å². The fourth-order valence-corrected chi connectivity index (χ4v) is 2.99. The highest BCUT2D eigenvalue weighted by Crippen LogP contribution is 2.18. The number of hydrogen-bond acceptors (Lipinski definition) is 4. The molecule has 0 radical (unpaired) electrons. The van der Waals surface area contributed by atoms with E-state index in [2.05, 4.69) is 11.1 Å². The lowest BCUT2D eigenvalue weighted by molar-refractivity contribution is -0.113. The van der Waals surface area contributed by atoms with Crippen LogP contribution in [0.5, 0.6) is 0 Å². The molecule has 0 atom stereocenters. The maximum atomic E-state index is 12.6. The van der Waals surface area contributed by atoms with Crippen LogP contribution in [0.1, 0.15) is 42.0 Å². The number of anilines is 2. The summed E-state index contributed by atoms with van der Waals surface area (Å²) in [5.41, 5.74) is 9.09. The van der Waals surface area contributed by atoms with Crippen LogP contribution in [0, 0.1) is 20.8 Å². The topological polar surface area (TPSA) is 101 Å². The van der Waals surface area contributed by atoms with E-state index in [9.17, 15) is 14.4 Å². The maximum absolute atomic E-state index is 12.6. The molecule has 0 bridgehead atoms. The Labute approximate surface area is 164 Å². The van der Waals surface area contributed by atoms with Crippen molar-refractivity contribution in [1.29, 1.82) is 0 Å². The van der Waals surface area contributed by atoms with Gasteiger partial charge in [-0.3, -0.25) is 19.1 Å². The largest absolute Gasteiger partial charge is 0.383 e. The van der Waals surface area contributed by atoms with Crippen molar-refractivity contribution in [2.24, 2.45) is 0 Å². The Morgan fingerprint density at radius 3 is 2.46 bits per heavy atom. The summed E-state index contributed by atoms with van der Waals surface area (Å²) >= 11 is 0. The fraction of sp³-hybridized carbons (Fsp3) is 0.381. The molecule has 1 aromatic heterocycles. The first-order valence-corrected chi connectivity index (χ1v) is 9.33. The van der Waals surface area contributed by atoms with Crippen LogP contribution in [0.15, 0.2) is 27.8 Å². The molecule has 2 rings (SSSR count). The predicted molar refractivity (Wildman–Crippen MR) is 114 cm³/mol. The van der Waals surface area contributed by atoms with Gasteiger partial charge in [0.2, 0.25) is 0 Å². The van der Waals surface area contributed by atoms with Gasteiger partial charge in [0.25, 0.3) is 11.5 Å². The Morgan fingerprint density at radius 2 is 1.82 bits per heavy atom. The van der Waals surface area contributed by atoms with Crippen molar-refractivity contribution in [3.63, 3.8) is 0 Å². The summed E-state index contributed by atoms with van der Waals surface area (Å²) in [7, 11) is 1.47. The molecule has 0 unspecified atom stereocenters. The smallest absolute Gasteiger partial charge is 0.330 e. The van der Waals surface area contributed by atoms with Gasteiger partial charge >= 0.3 is 5.69 Å². The molecule has 1 aromatic carbocycles. The molecule has 0 fully saturated rings. The summed E-state index contributed by atoms with van der Waals surface area (Å²) in [6.45, 7) is 8.40. The highest BCUT2D eigenvalue weighted by Gasteiger charge is 2.19. The van der Waals surface area contributed by atoms with Crippen LogP contribution in [0.4, 0.5) is 11.5 Å². The van der Waals surface area contributed by atoms with Gasteiger partial charge in [0.15, 0.2) is 5.69 Å². The molecule has 0 spiro atoms. The van der Waals surface area contributed by atoms with Crippen molar-refractivity contribution in [2.75, 3.05) is 17.7 Å². The molecule has 0 aliphatic carbocycles. The number of H-pyrrole nitrogens is 1.